The summed E-state index contributed by atoms with van der Waals surface area (Å²) in [4.78, 5) is 0. The van der Waals surface area contributed by atoms with Gasteiger partial charge in [-0.1, -0.05) is 27.7 Å². The molecule has 4 aliphatic carbocycles. The van der Waals surface area contributed by atoms with Crippen molar-refractivity contribution in [3.05, 3.63) is 0 Å². The van der Waals surface area contributed by atoms with E-state index < -0.39 is 22.8 Å². The molecule has 5 unspecified atom stereocenters. The SMILES string of the molecule is CCC1([C@@]2(OC)CCC3C4CC(C)(C)C5(O)CC6(CCC5C4CC[C@@]32C)OCCO6)OCCO1. The minimum Gasteiger partial charge on any atom is -0.389 e. The van der Waals surface area contributed by atoms with Crippen molar-refractivity contribution in [2.45, 2.75) is 108 Å². The molecule has 6 nitrogen and oxygen atoms in total. The van der Waals surface area contributed by atoms with Crippen molar-refractivity contribution in [2.24, 2.45) is 34.5 Å². The van der Waals surface area contributed by atoms with Crippen molar-refractivity contribution < 1.29 is 28.8 Å². The van der Waals surface area contributed by atoms with Gasteiger partial charge in [-0.25, -0.2) is 0 Å². The Morgan fingerprint density at radius 1 is 0.824 bits per heavy atom. The summed E-state index contributed by atoms with van der Waals surface area (Å²) in [5.41, 5.74) is -1.35. The highest BCUT2D eigenvalue weighted by Gasteiger charge is 2.74. The number of aliphatic hydroxyl groups is 1. The number of ether oxygens (including phenoxy) is 5. The van der Waals surface area contributed by atoms with Crippen LogP contribution in [0.25, 0.3) is 0 Å². The third-order valence-electron chi connectivity index (χ3n) is 12.0. The van der Waals surface area contributed by atoms with Crippen LogP contribution in [0.15, 0.2) is 0 Å². The maximum absolute atomic E-state index is 12.4. The van der Waals surface area contributed by atoms with Crippen LogP contribution in [-0.4, -0.2) is 61.4 Å². The van der Waals surface area contributed by atoms with E-state index in [4.69, 9.17) is 23.7 Å². The zero-order valence-corrected chi connectivity index (χ0v) is 22.0. The van der Waals surface area contributed by atoms with E-state index in [1.807, 2.05) is 7.11 Å². The quantitative estimate of drug-likeness (QED) is 0.636. The van der Waals surface area contributed by atoms with E-state index in [9.17, 15) is 5.11 Å². The van der Waals surface area contributed by atoms with Gasteiger partial charge in [0.25, 0.3) is 0 Å². The van der Waals surface area contributed by atoms with Gasteiger partial charge >= 0.3 is 0 Å². The molecule has 0 bridgehead atoms. The van der Waals surface area contributed by atoms with E-state index in [-0.39, 0.29) is 10.8 Å². The lowest BCUT2D eigenvalue weighted by Gasteiger charge is -2.66. The fourth-order valence-corrected chi connectivity index (χ4v) is 10.5. The largest absolute Gasteiger partial charge is 0.389 e. The highest BCUT2D eigenvalue weighted by Crippen LogP contribution is 2.72. The van der Waals surface area contributed by atoms with Gasteiger partial charge in [0.15, 0.2) is 11.6 Å². The van der Waals surface area contributed by atoms with E-state index in [1.165, 1.54) is 0 Å². The van der Waals surface area contributed by atoms with Gasteiger partial charge in [-0.3, -0.25) is 0 Å². The second-order valence-electron chi connectivity index (χ2n) is 13.2. The van der Waals surface area contributed by atoms with Gasteiger partial charge in [-0.2, -0.15) is 0 Å². The number of hydrogen-bond acceptors (Lipinski definition) is 6. The average Bonchev–Trinajstić information content (AvgIpc) is 3.53. The van der Waals surface area contributed by atoms with Crippen LogP contribution in [-0.2, 0) is 23.7 Å². The molecule has 4 saturated carbocycles. The fraction of sp³-hybridized carbons (Fsp3) is 1.00. The lowest BCUT2D eigenvalue weighted by atomic mass is 9.42. The van der Waals surface area contributed by atoms with Crippen LogP contribution < -0.4 is 0 Å². The predicted molar refractivity (Wildman–Crippen MR) is 127 cm³/mol. The predicted octanol–water partition coefficient (Wildman–Crippen LogP) is 4.67. The molecule has 0 aromatic heterocycles. The Bertz CT molecular complexity index is 801. The van der Waals surface area contributed by atoms with Crippen LogP contribution in [0.3, 0.4) is 0 Å². The van der Waals surface area contributed by atoms with Gasteiger partial charge in [-0.15, -0.1) is 0 Å². The molecule has 7 atom stereocenters. The molecular formula is C28H46O6. The third-order valence-corrected chi connectivity index (χ3v) is 12.0. The lowest BCUT2D eigenvalue weighted by molar-refractivity contribution is -0.325. The normalized spacial score (nSPS) is 50.6. The molecule has 6 heteroatoms. The first-order chi connectivity index (χ1) is 16.1. The van der Waals surface area contributed by atoms with Gasteiger partial charge in [0.05, 0.1) is 32.0 Å². The molecule has 6 aliphatic rings. The van der Waals surface area contributed by atoms with Crippen molar-refractivity contribution in [1.82, 2.24) is 0 Å². The van der Waals surface area contributed by atoms with E-state index in [2.05, 4.69) is 27.7 Å². The molecule has 1 N–H and O–H groups in total. The fourth-order valence-electron chi connectivity index (χ4n) is 10.5. The summed E-state index contributed by atoms with van der Waals surface area (Å²) >= 11 is 0. The van der Waals surface area contributed by atoms with E-state index in [0.717, 1.165) is 51.4 Å². The minimum absolute atomic E-state index is 0.00235. The number of hydrogen-bond donors (Lipinski definition) is 1. The first kappa shape index (κ1) is 24.1. The first-order valence-corrected chi connectivity index (χ1v) is 13.9. The second kappa shape index (κ2) is 7.64. The van der Waals surface area contributed by atoms with Crippen LogP contribution in [0, 0.1) is 34.5 Å². The zero-order valence-electron chi connectivity index (χ0n) is 22.0. The summed E-state index contributed by atoms with van der Waals surface area (Å²) < 4.78 is 31.5. The van der Waals surface area contributed by atoms with Gasteiger partial charge in [-0.05, 0) is 67.6 Å². The molecule has 194 valence electrons. The summed E-state index contributed by atoms with van der Waals surface area (Å²) in [7, 11) is 1.88. The van der Waals surface area contributed by atoms with Crippen molar-refractivity contribution in [3.63, 3.8) is 0 Å². The minimum atomic E-state index is -0.746. The molecule has 0 radical (unpaired) electrons. The standard InChI is InChI=1S/C28H46O6/c1-6-28(33-15-16-34-28)27(30-5)12-9-21-20-17-23(2,3)26(29)18-25(31-13-14-32-25)11-8-22(26)19(20)7-10-24(21,27)4/h19-22,29H,6-18H2,1-5H3/t19?,20?,21?,22?,24-,26?,27+/m0/s1. The Hall–Kier alpha value is -0.240. The van der Waals surface area contributed by atoms with E-state index in [0.29, 0.717) is 56.5 Å². The number of methoxy groups -OCH3 is 1. The molecule has 0 amide bonds. The van der Waals surface area contributed by atoms with Crippen LogP contribution >= 0.6 is 0 Å². The molecule has 6 rings (SSSR count). The molecule has 6 fully saturated rings. The maximum atomic E-state index is 12.4. The van der Waals surface area contributed by atoms with Crippen molar-refractivity contribution in [2.75, 3.05) is 33.5 Å². The topological polar surface area (TPSA) is 66.4 Å². The van der Waals surface area contributed by atoms with Crippen LogP contribution in [0.1, 0.15) is 85.5 Å². The van der Waals surface area contributed by atoms with E-state index in [1.54, 1.807) is 0 Å². The highest BCUT2D eigenvalue weighted by atomic mass is 16.8. The summed E-state index contributed by atoms with van der Waals surface area (Å²) in [5, 5.41) is 12.4. The van der Waals surface area contributed by atoms with Gasteiger partial charge < -0.3 is 28.8 Å². The summed E-state index contributed by atoms with van der Waals surface area (Å²) in [6.07, 6.45) is 8.75. The molecule has 2 aliphatic heterocycles. The molecule has 34 heavy (non-hydrogen) atoms. The third kappa shape index (κ3) is 2.79. The Kier molecular flexibility index (Phi) is 5.42. The van der Waals surface area contributed by atoms with E-state index >= 15 is 0 Å². The lowest BCUT2D eigenvalue weighted by Crippen LogP contribution is -2.69. The molecular weight excluding hydrogens is 432 g/mol. The van der Waals surface area contributed by atoms with Gasteiger partial charge in [0.1, 0.15) is 5.60 Å². The number of rotatable bonds is 3. The highest BCUT2D eigenvalue weighted by molar-refractivity contribution is 5.21. The van der Waals surface area contributed by atoms with Crippen LogP contribution in [0.2, 0.25) is 0 Å². The molecule has 0 aromatic rings. The smallest absolute Gasteiger partial charge is 0.198 e. The summed E-state index contributed by atoms with van der Waals surface area (Å²) in [5.74, 6) is 0.789. The van der Waals surface area contributed by atoms with Crippen molar-refractivity contribution >= 4 is 0 Å². The van der Waals surface area contributed by atoms with Crippen molar-refractivity contribution in [3.8, 4) is 0 Å². The first-order valence-electron chi connectivity index (χ1n) is 13.9. The van der Waals surface area contributed by atoms with Crippen LogP contribution in [0.4, 0.5) is 0 Å². The van der Waals surface area contributed by atoms with Crippen molar-refractivity contribution in [1.29, 1.82) is 0 Å². The molecule has 0 aromatic carbocycles. The Morgan fingerprint density at radius 3 is 2.12 bits per heavy atom. The monoisotopic (exact) mass is 478 g/mol. The van der Waals surface area contributed by atoms with Gasteiger partial charge in [0.2, 0.25) is 0 Å². The zero-order chi connectivity index (χ0) is 24.0. The summed E-state index contributed by atoms with van der Waals surface area (Å²) in [6, 6.07) is 0. The molecule has 1 spiro atoms. The maximum Gasteiger partial charge on any atom is 0.198 e. The molecule has 2 heterocycles. The number of fused-ring (bicyclic) bond motifs is 5. The Balaban J connectivity index is 1.35. The van der Waals surface area contributed by atoms with Gasteiger partial charge in [0, 0.05) is 31.8 Å². The average molecular weight is 479 g/mol. The Morgan fingerprint density at radius 2 is 1.47 bits per heavy atom. The summed E-state index contributed by atoms with van der Waals surface area (Å²) in [6.45, 7) is 11.8. The Labute approximate surface area is 205 Å². The molecule has 2 saturated heterocycles. The van der Waals surface area contributed by atoms with Crippen LogP contribution in [0.5, 0.6) is 0 Å². The second-order valence-corrected chi connectivity index (χ2v) is 13.2.